The van der Waals surface area contributed by atoms with Crippen LogP contribution >= 0.6 is 0 Å². The summed E-state index contributed by atoms with van der Waals surface area (Å²) in [5.41, 5.74) is 0. The van der Waals surface area contributed by atoms with Gasteiger partial charge in [0.2, 0.25) is 0 Å². The van der Waals surface area contributed by atoms with Gasteiger partial charge in [0.15, 0.2) is 0 Å². The summed E-state index contributed by atoms with van der Waals surface area (Å²) in [4.78, 5) is 0. The Hall–Kier alpha value is -0.0400. The molecular formula is C17H35N. The van der Waals surface area contributed by atoms with Crippen LogP contribution in [0.3, 0.4) is 0 Å². The lowest BCUT2D eigenvalue weighted by Gasteiger charge is -2.32. The van der Waals surface area contributed by atoms with E-state index in [0.717, 1.165) is 12.0 Å². The van der Waals surface area contributed by atoms with E-state index in [4.69, 9.17) is 0 Å². The van der Waals surface area contributed by atoms with Crippen LogP contribution in [0.15, 0.2) is 0 Å². The molecule has 1 rings (SSSR count). The van der Waals surface area contributed by atoms with Gasteiger partial charge in [-0.15, -0.1) is 0 Å². The smallest absolute Gasteiger partial charge is 0.00953 e. The first kappa shape index (κ1) is 16.0. The molecule has 108 valence electrons. The SMILES string of the molecule is CCCCCCCCC1CCCCC1NCCC. The van der Waals surface area contributed by atoms with Gasteiger partial charge in [-0.3, -0.25) is 0 Å². The molecule has 0 aromatic rings. The molecular weight excluding hydrogens is 218 g/mol. The highest BCUT2D eigenvalue weighted by atomic mass is 14.9. The van der Waals surface area contributed by atoms with E-state index < -0.39 is 0 Å². The zero-order valence-corrected chi connectivity index (χ0v) is 12.8. The standard InChI is InChI=1S/C17H35N/c1-3-5-6-7-8-9-12-16-13-10-11-14-17(16)18-15-4-2/h16-18H,3-15H2,1-2H3. The van der Waals surface area contributed by atoms with Gasteiger partial charge in [-0.1, -0.05) is 65.2 Å². The van der Waals surface area contributed by atoms with E-state index >= 15 is 0 Å². The fourth-order valence-electron chi connectivity index (χ4n) is 3.34. The number of hydrogen-bond acceptors (Lipinski definition) is 1. The van der Waals surface area contributed by atoms with Gasteiger partial charge in [0, 0.05) is 6.04 Å². The summed E-state index contributed by atoms with van der Waals surface area (Å²) in [6, 6.07) is 0.842. The number of hydrogen-bond donors (Lipinski definition) is 1. The average molecular weight is 253 g/mol. The maximum Gasteiger partial charge on any atom is 0.00953 e. The fourth-order valence-corrected chi connectivity index (χ4v) is 3.34. The summed E-state index contributed by atoms with van der Waals surface area (Å²) in [6.45, 7) is 5.79. The second-order valence-corrected chi connectivity index (χ2v) is 6.16. The van der Waals surface area contributed by atoms with Crippen molar-refractivity contribution in [2.24, 2.45) is 5.92 Å². The molecule has 18 heavy (non-hydrogen) atoms. The Labute approximate surface area is 115 Å². The van der Waals surface area contributed by atoms with Crippen LogP contribution in [0.5, 0.6) is 0 Å². The average Bonchev–Trinajstić information content (AvgIpc) is 2.41. The Balaban J connectivity index is 2.09. The van der Waals surface area contributed by atoms with Crippen LogP contribution in [0, 0.1) is 5.92 Å². The summed E-state index contributed by atoms with van der Waals surface area (Å²) in [5.74, 6) is 0.983. The normalized spacial score (nSPS) is 24.3. The zero-order chi connectivity index (χ0) is 13.1. The first-order valence-corrected chi connectivity index (χ1v) is 8.61. The Morgan fingerprint density at radius 2 is 1.56 bits per heavy atom. The van der Waals surface area contributed by atoms with E-state index in [2.05, 4.69) is 19.2 Å². The Morgan fingerprint density at radius 1 is 0.833 bits per heavy atom. The molecule has 0 radical (unpaired) electrons. The Morgan fingerprint density at radius 3 is 2.33 bits per heavy atom. The van der Waals surface area contributed by atoms with Crippen molar-refractivity contribution in [3.05, 3.63) is 0 Å². The third-order valence-electron chi connectivity index (χ3n) is 4.49. The molecule has 1 nitrogen and oxygen atoms in total. The van der Waals surface area contributed by atoms with Crippen LogP contribution in [0.1, 0.15) is 90.9 Å². The van der Waals surface area contributed by atoms with Crippen LogP contribution in [0.4, 0.5) is 0 Å². The molecule has 1 aliphatic rings. The summed E-state index contributed by atoms with van der Waals surface area (Å²) in [6.07, 6.45) is 17.3. The quantitative estimate of drug-likeness (QED) is 0.521. The van der Waals surface area contributed by atoms with Gasteiger partial charge in [-0.25, -0.2) is 0 Å². The zero-order valence-electron chi connectivity index (χ0n) is 12.8. The second-order valence-electron chi connectivity index (χ2n) is 6.16. The lowest BCUT2D eigenvalue weighted by Crippen LogP contribution is -2.38. The molecule has 0 aliphatic heterocycles. The molecule has 1 N–H and O–H groups in total. The van der Waals surface area contributed by atoms with E-state index in [-0.39, 0.29) is 0 Å². The van der Waals surface area contributed by atoms with Crippen LogP contribution in [0.25, 0.3) is 0 Å². The predicted octanol–water partition coefficient (Wildman–Crippen LogP) is 5.30. The molecule has 0 spiro atoms. The molecule has 0 aromatic heterocycles. The fraction of sp³-hybridized carbons (Fsp3) is 1.00. The Bertz CT molecular complexity index is 178. The molecule has 0 bridgehead atoms. The van der Waals surface area contributed by atoms with Gasteiger partial charge < -0.3 is 5.32 Å². The molecule has 1 heteroatoms. The van der Waals surface area contributed by atoms with E-state index in [9.17, 15) is 0 Å². The van der Waals surface area contributed by atoms with Crippen LogP contribution in [-0.2, 0) is 0 Å². The van der Waals surface area contributed by atoms with Gasteiger partial charge in [0.25, 0.3) is 0 Å². The molecule has 0 saturated heterocycles. The minimum atomic E-state index is 0.842. The van der Waals surface area contributed by atoms with Crippen LogP contribution in [-0.4, -0.2) is 12.6 Å². The lowest BCUT2D eigenvalue weighted by molar-refractivity contribution is 0.244. The minimum absolute atomic E-state index is 0.842. The van der Waals surface area contributed by atoms with Crippen LogP contribution < -0.4 is 5.32 Å². The highest BCUT2D eigenvalue weighted by molar-refractivity contribution is 4.80. The van der Waals surface area contributed by atoms with E-state index in [1.807, 2.05) is 0 Å². The molecule has 0 heterocycles. The second kappa shape index (κ2) is 10.8. The molecule has 1 fully saturated rings. The predicted molar refractivity (Wildman–Crippen MR) is 82.0 cm³/mol. The highest BCUT2D eigenvalue weighted by Crippen LogP contribution is 2.28. The minimum Gasteiger partial charge on any atom is -0.314 e. The van der Waals surface area contributed by atoms with Crippen molar-refractivity contribution < 1.29 is 0 Å². The third-order valence-corrected chi connectivity index (χ3v) is 4.49. The van der Waals surface area contributed by atoms with E-state index in [0.29, 0.717) is 0 Å². The van der Waals surface area contributed by atoms with Crippen molar-refractivity contribution in [3.63, 3.8) is 0 Å². The largest absolute Gasteiger partial charge is 0.314 e. The van der Waals surface area contributed by atoms with Crippen molar-refractivity contribution in [2.75, 3.05) is 6.54 Å². The Kier molecular flexibility index (Phi) is 9.65. The first-order valence-electron chi connectivity index (χ1n) is 8.61. The first-order chi connectivity index (χ1) is 8.88. The maximum absolute atomic E-state index is 3.78. The maximum atomic E-state index is 3.78. The van der Waals surface area contributed by atoms with E-state index in [1.165, 1.54) is 83.6 Å². The molecule has 2 unspecified atom stereocenters. The molecule has 1 aliphatic carbocycles. The number of rotatable bonds is 10. The van der Waals surface area contributed by atoms with Gasteiger partial charge in [0.05, 0.1) is 0 Å². The van der Waals surface area contributed by atoms with Crippen LogP contribution in [0.2, 0.25) is 0 Å². The van der Waals surface area contributed by atoms with Crippen molar-refractivity contribution in [2.45, 2.75) is 96.9 Å². The summed E-state index contributed by atoms with van der Waals surface area (Å²) < 4.78 is 0. The van der Waals surface area contributed by atoms with Gasteiger partial charge in [0.1, 0.15) is 0 Å². The van der Waals surface area contributed by atoms with Gasteiger partial charge >= 0.3 is 0 Å². The van der Waals surface area contributed by atoms with Crippen molar-refractivity contribution in [1.29, 1.82) is 0 Å². The van der Waals surface area contributed by atoms with Gasteiger partial charge in [-0.05, 0) is 38.1 Å². The third kappa shape index (κ3) is 6.78. The van der Waals surface area contributed by atoms with E-state index in [1.54, 1.807) is 0 Å². The number of unbranched alkanes of at least 4 members (excludes halogenated alkanes) is 5. The highest BCUT2D eigenvalue weighted by Gasteiger charge is 2.23. The molecule has 1 saturated carbocycles. The van der Waals surface area contributed by atoms with Crippen molar-refractivity contribution >= 4 is 0 Å². The van der Waals surface area contributed by atoms with Gasteiger partial charge in [-0.2, -0.15) is 0 Å². The summed E-state index contributed by atoms with van der Waals surface area (Å²) in [5, 5.41) is 3.78. The molecule has 2 atom stereocenters. The lowest BCUT2D eigenvalue weighted by atomic mass is 9.81. The topological polar surface area (TPSA) is 12.0 Å². The number of nitrogens with one attached hydrogen (secondary N) is 1. The molecule has 0 aromatic carbocycles. The summed E-state index contributed by atoms with van der Waals surface area (Å²) >= 11 is 0. The monoisotopic (exact) mass is 253 g/mol. The van der Waals surface area contributed by atoms with Crippen molar-refractivity contribution in [1.82, 2.24) is 5.32 Å². The summed E-state index contributed by atoms with van der Waals surface area (Å²) in [7, 11) is 0. The van der Waals surface area contributed by atoms with Crippen molar-refractivity contribution in [3.8, 4) is 0 Å². The molecule has 0 amide bonds.